The Labute approximate surface area is 121 Å². The zero-order valence-electron chi connectivity index (χ0n) is 10.9. The molecular weight excluding hydrogens is 266 g/mol. The van der Waals surface area contributed by atoms with Gasteiger partial charge in [0.2, 0.25) is 0 Å². The van der Waals surface area contributed by atoms with Crippen LogP contribution in [0.15, 0.2) is 48.5 Å². The van der Waals surface area contributed by atoms with Gasteiger partial charge in [0.25, 0.3) is 5.91 Å². The Bertz CT molecular complexity index is 742. The smallest absolute Gasteiger partial charge is 0.257 e. The molecule has 0 saturated carbocycles. The molecule has 0 aliphatic heterocycles. The van der Waals surface area contributed by atoms with Gasteiger partial charge in [0.15, 0.2) is 6.10 Å². The van der Waals surface area contributed by atoms with Crippen molar-refractivity contribution in [2.24, 2.45) is 0 Å². The fourth-order valence-corrected chi connectivity index (χ4v) is 1.81. The van der Waals surface area contributed by atoms with Crippen molar-refractivity contribution in [3.05, 3.63) is 65.2 Å². The SMILES string of the molecule is N#Cc1ccc(NC(=O)C(O)c2ccccc2)cc1C#N. The number of aliphatic hydroxyl groups excluding tert-OH is 1. The van der Waals surface area contributed by atoms with E-state index in [1.807, 2.05) is 12.1 Å². The third-order valence-electron chi connectivity index (χ3n) is 2.89. The molecule has 0 fully saturated rings. The van der Waals surface area contributed by atoms with Crippen molar-refractivity contribution >= 4 is 11.6 Å². The van der Waals surface area contributed by atoms with Crippen LogP contribution in [0.25, 0.3) is 0 Å². The lowest BCUT2D eigenvalue weighted by Gasteiger charge is -2.12. The van der Waals surface area contributed by atoms with Gasteiger partial charge in [-0.2, -0.15) is 10.5 Å². The molecule has 0 aliphatic rings. The number of anilines is 1. The molecule has 2 rings (SSSR count). The Balaban J connectivity index is 2.17. The van der Waals surface area contributed by atoms with Crippen LogP contribution in [0.3, 0.4) is 0 Å². The van der Waals surface area contributed by atoms with Crippen LogP contribution in [0.4, 0.5) is 5.69 Å². The average molecular weight is 277 g/mol. The van der Waals surface area contributed by atoms with Crippen molar-refractivity contribution in [3.8, 4) is 12.1 Å². The zero-order chi connectivity index (χ0) is 15.2. The second kappa shape index (κ2) is 6.33. The van der Waals surface area contributed by atoms with Gasteiger partial charge < -0.3 is 10.4 Å². The molecule has 0 aliphatic carbocycles. The Morgan fingerprint density at radius 2 is 1.71 bits per heavy atom. The number of aliphatic hydroxyl groups is 1. The van der Waals surface area contributed by atoms with Gasteiger partial charge in [0, 0.05) is 5.69 Å². The summed E-state index contributed by atoms with van der Waals surface area (Å²) < 4.78 is 0. The second-order valence-electron chi connectivity index (χ2n) is 4.29. The molecule has 0 aromatic heterocycles. The number of nitriles is 2. The van der Waals surface area contributed by atoms with Crippen LogP contribution in [0.1, 0.15) is 22.8 Å². The molecule has 0 radical (unpaired) electrons. The Hall–Kier alpha value is -3.15. The molecular formula is C16H11N3O2. The first-order valence-corrected chi connectivity index (χ1v) is 6.14. The predicted molar refractivity (Wildman–Crippen MR) is 75.9 cm³/mol. The van der Waals surface area contributed by atoms with Crippen molar-refractivity contribution in [1.82, 2.24) is 0 Å². The molecule has 2 aromatic carbocycles. The van der Waals surface area contributed by atoms with E-state index >= 15 is 0 Å². The van der Waals surface area contributed by atoms with Crippen LogP contribution in [0.2, 0.25) is 0 Å². The number of hydrogen-bond donors (Lipinski definition) is 2. The summed E-state index contributed by atoms with van der Waals surface area (Å²) in [5.41, 5.74) is 1.23. The number of amides is 1. The maximum atomic E-state index is 12.0. The first kappa shape index (κ1) is 14.3. The summed E-state index contributed by atoms with van der Waals surface area (Å²) in [5, 5.41) is 30.2. The number of rotatable bonds is 3. The summed E-state index contributed by atoms with van der Waals surface area (Å²) in [6, 6.07) is 16.6. The summed E-state index contributed by atoms with van der Waals surface area (Å²) in [6.45, 7) is 0. The van der Waals surface area contributed by atoms with Crippen LogP contribution in [-0.2, 0) is 4.79 Å². The van der Waals surface area contributed by atoms with Crippen LogP contribution in [-0.4, -0.2) is 11.0 Å². The minimum Gasteiger partial charge on any atom is -0.378 e. The highest BCUT2D eigenvalue weighted by Crippen LogP contribution is 2.18. The molecule has 0 heterocycles. The largest absolute Gasteiger partial charge is 0.378 e. The first-order chi connectivity index (χ1) is 10.2. The Kier molecular flexibility index (Phi) is 4.30. The highest BCUT2D eigenvalue weighted by Gasteiger charge is 2.17. The molecule has 2 aromatic rings. The van der Waals surface area contributed by atoms with E-state index in [9.17, 15) is 9.90 Å². The van der Waals surface area contributed by atoms with Gasteiger partial charge in [-0.25, -0.2) is 0 Å². The number of hydrogen-bond acceptors (Lipinski definition) is 4. The molecule has 21 heavy (non-hydrogen) atoms. The first-order valence-electron chi connectivity index (χ1n) is 6.14. The topological polar surface area (TPSA) is 96.9 Å². The van der Waals surface area contributed by atoms with Crippen LogP contribution < -0.4 is 5.32 Å². The van der Waals surface area contributed by atoms with E-state index in [0.717, 1.165) is 0 Å². The third-order valence-corrected chi connectivity index (χ3v) is 2.89. The van der Waals surface area contributed by atoms with E-state index in [2.05, 4.69) is 5.32 Å². The Morgan fingerprint density at radius 3 is 2.33 bits per heavy atom. The van der Waals surface area contributed by atoms with E-state index in [4.69, 9.17) is 10.5 Å². The fourth-order valence-electron chi connectivity index (χ4n) is 1.81. The lowest BCUT2D eigenvalue weighted by Crippen LogP contribution is -2.20. The van der Waals surface area contributed by atoms with Crippen LogP contribution in [0.5, 0.6) is 0 Å². The number of carbonyl (C=O) groups is 1. The van der Waals surface area contributed by atoms with Crippen LogP contribution in [0, 0.1) is 22.7 Å². The minimum absolute atomic E-state index is 0.171. The number of benzene rings is 2. The van der Waals surface area contributed by atoms with Gasteiger partial charge in [-0.1, -0.05) is 30.3 Å². The van der Waals surface area contributed by atoms with Crippen molar-refractivity contribution in [3.63, 3.8) is 0 Å². The molecule has 0 saturated heterocycles. The van der Waals surface area contributed by atoms with Crippen LogP contribution >= 0.6 is 0 Å². The second-order valence-corrected chi connectivity index (χ2v) is 4.29. The molecule has 1 unspecified atom stereocenters. The lowest BCUT2D eigenvalue weighted by molar-refractivity contribution is -0.124. The van der Waals surface area contributed by atoms with Gasteiger partial charge in [-0.3, -0.25) is 4.79 Å². The molecule has 0 spiro atoms. The zero-order valence-corrected chi connectivity index (χ0v) is 10.9. The van der Waals surface area contributed by atoms with Gasteiger partial charge in [0.1, 0.15) is 12.1 Å². The minimum atomic E-state index is -1.30. The average Bonchev–Trinajstić information content (AvgIpc) is 2.54. The number of nitrogens with zero attached hydrogens (tertiary/aromatic N) is 2. The van der Waals surface area contributed by atoms with Gasteiger partial charge >= 0.3 is 0 Å². The predicted octanol–water partition coefficient (Wildman–Crippen LogP) is 2.10. The van der Waals surface area contributed by atoms with Gasteiger partial charge in [-0.05, 0) is 23.8 Å². The summed E-state index contributed by atoms with van der Waals surface area (Å²) in [6.07, 6.45) is -1.30. The molecule has 1 atom stereocenters. The standard InChI is InChI=1S/C16H11N3O2/c17-9-12-6-7-14(8-13(12)10-18)19-16(21)15(20)11-4-2-1-3-5-11/h1-8,15,20H,(H,19,21). The normalized spacial score (nSPS) is 11.0. The molecule has 2 N–H and O–H groups in total. The van der Waals surface area contributed by atoms with Crippen molar-refractivity contribution in [2.75, 3.05) is 5.32 Å². The van der Waals surface area contributed by atoms with E-state index in [0.29, 0.717) is 11.3 Å². The monoisotopic (exact) mass is 277 g/mol. The van der Waals surface area contributed by atoms with E-state index in [1.165, 1.54) is 18.2 Å². The maximum absolute atomic E-state index is 12.0. The maximum Gasteiger partial charge on any atom is 0.257 e. The fraction of sp³-hybridized carbons (Fsp3) is 0.0625. The van der Waals surface area contributed by atoms with E-state index < -0.39 is 12.0 Å². The quantitative estimate of drug-likeness (QED) is 0.897. The summed E-state index contributed by atoms with van der Waals surface area (Å²) in [4.78, 5) is 12.0. The molecule has 5 heteroatoms. The third kappa shape index (κ3) is 3.24. The van der Waals surface area contributed by atoms with Crippen molar-refractivity contribution < 1.29 is 9.90 Å². The lowest BCUT2D eigenvalue weighted by atomic mass is 10.1. The van der Waals surface area contributed by atoms with E-state index in [-0.39, 0.29) is 11.1 Å². The summed E-state index contributed by atoms with van der Waals surface area (Å²) in [7, 11) is 0. The highest BCUT2D eigenvalue weighted by atomic mass is 16.3. The summed E-state index contributed by atoms with van der Waals surface area (Å²) in [5.74, 6) is -0.602. The van der Waals surface area contributed by atoms with Gasteiger partial charge in [-0.15, -0.1) is 0 Å². The van der Waals surface area contributed by atoms with Crippen molar-refractivity contribution in [2.45, 2.75) is 6.10 Å². The Morgan fingerprint density at radius 1 is 1.05 bits per heavy atom. The number of nitrogens with one attached hydrogen (secondary N) is 1. The number of carbonyl (C=O) groups excluding carboxylic acids is 1. The highest BCUT2D eigenvalue weighted by molar-refractivity contribution is 5.94. The van der Waals surface area contributed by atoms with Crippen molar-refractivity contribution in [1.29, 1.82) is 10.5 Å². The van der Waals surface area contributed by atoms with E-state index in [1.54, 1.807) is 30.3 Å². The molecule has 102 valence electrons. The molecule has 1 amide bonds. The molecule has 5 nitrogen and oxygen atoms in total. The summed E-state index contributed by atoms with van der Waals surface area (Å²) >= 11 is 0. The van der Waals surface area contributed by atoms with Gasteiger partial charge in [0.05, 0.1) is 11.1 Å². The molecule has 0 bridgehead atoms.